The van der Waals surface area contributed by atoms with Gasteiger partial charge in [-0.25, -0.2) is 0 Å². The lowest BCUT2D eigenvalue weighted by Crippen LogP contribution is -2.34. The molecule has 1 fully saturated rings. The second-order valence-corrected chi connectivity index (χ2v) is 5.50. The molecule has 1 N–H and O–H groups in total. The van der Waals surface area contributed by atoms with E-state index in [1.807, 2.05) is 12.1 Å². The number of hydrogen-bond donors (Lipinski definition) is 1. The lowest BCUT2D eigenvalue weighted by molar-refractivity contribution is 0.164. The van der Waals surface area contributed by atoms with E-state index in [-0.39, 0.29) is 0 Å². The Labute approximate surface area is 104 Å². The number of phenolic OH excluding ortho intramolecular Hbond substituents is 1. The Morgan fingerprint density at radius 3 is 2.29 bits per heavy atom. The summed E-state index contributed by atoms with van der Waals surface area (Å²) in [6.07, 6.45) is 5.39. The highest BCUT2D eigenvalue weighted by Gasteiger charge is 2.21. The van der Waals surface area contributed by atoms with Gasteiger partial charge in [-0.3, -0.25) is 4.90 Å². The number of nitrogens with zero attached hydrogens (tertiary/aromatic N) is 1. The van der Waals surface area contributed by atoms with Crippen molar-refractivity contribution in [2.45, 2.75) is 45.2 Å². The number of phenols is 1. The van der Waals surface area contributed by atoms with E-state index in [2.05, 4.69) is 18.9 Å². The number of rotatable bonds is 3. The van der Waals surface area contributed by atoms with E-state index in [0.717, 1.165) is 18.5 Å². The van der Waals surface area contributed by atoms with E-state index < -0.39 is 0 Å². The molecule has 0 bridgehead atoms. The Hall–Kier alpha value is -1.02. The molecule has 0 aliphatic heterocycles. The largest absolute Gasteiger partial charge is 0.508 e. The van der Waals surface area contributed by atoms with E-state index in [9.17, 15) is 5.11 Å². The molecule has 94 valence electrons. The van der Waals surface area contributed by atoms with Gasteiger partial charge in [0.1, 0.15) is 5.75 Å². The standard InChI is InChI=1S/C15H23NO/c1-12-3-7-14(8-4-12)16(2)11-13-5-9-15(17)10-6-13/h5-6,9-10,12,14,17H,3-4,7-8,11H2,1-2H3. The maximum absolute atomic E-state index is 9.26. The fraction of sp³-hybridized carbons (Fsp3) is 0.600. The first-order valence-electron chi connectivity index (χ1n) is 6.63. The summed E-state index contributed by atoms with van der Waals surface area (Å²) < 4.78 is 0. The summed E-state index contributed by atoms with van der Waals surface area (Å²) in [5, 5.41) is 9.26. The molecule has 1 aromatic rings. The fourth-order valence-corrected chi connectivity index (χ4v) is 2.70. The minimum Gasteiger partial charge on any atom is -0.508 e. The molecule has 2 nitrogen and oxygen atoms in total. The van der Waals surface area contributed by atoms with Crippen molar-refractivity contribution >= 4 is 0 Å². The summed E-state index contributed by atoms with van der Waals surface area (Å²) in [6, 6.07) is 8.30. The normalized spacial score (nSPS) is 25.1. The highest BCUT2D eigenvalue weighted by Crippen LogP contribution is 2.27. The summed E-state index contributed by atoms with van der Waals surface area (Å²) in [6.45, 7) is 3.34. The van der Waals surface area contributed by atoms with E-state index >= 15 is 0 Å². The van der Waals surface area contributed by atoms with Crippen LogP contribution in [0.5, 0.6) is 5.75 Å². The van der Waals surface area contributed by atoms with Crippen molar-refractivity contribution in [3.63, 3.8) is 0 Å². The van der Waals surface area contributed by atoms with Crippen LogP contribution in [0.25, 0.3) is 0 Å². The van der Waals surface area contributed by atoms with E-state index in [0.29, 0.717) is 5.75 Å². The molecule has 1 aliphatic carbocycles. The third kappa shape index (κ3) is 3.47. The molecule has 1 aliphatic rings. The minimum atomic E-state index is 0.350. The zero-order chi connectivity index (χ0) is 12.3. The van der Waals surface area contributed by atoms with Gasteiger partial charge in [0.25, 0.3) is 0 Å². The molecular weight excluding hydrogens is 210 g/mol. The molecule has 0 atom stereocenters. The molecule has 0 heterocycles. The number of hydrogen-bond acceptors (Lipinski definition) is 2. The van der Waals surface area contributed by atoms with Crippen LogP contribution in [0.4, 0.5) is 0 Å². The summed E-state index contributed by atoms with van der Waals surface area (Å²) in [7, 11) is 2.22. The molecule has 1 aromatic carbocycles. The van der Waals surface area contributed by atoms with Gasteiger partial charge < -0.3 is 5.11 Å². The van der Waals surface area contributed by atoms with Gasteiger partial charge >= 0.3 is 0 Å². The fourth-order valence-electron chi connectivity index (χ4n) is 2.70. The highest BCUT2D eigenvalue weighted by molar-refractivity contribution is 5.25. The van der Waals surface area contributed by atoms with Crippen molar-refractivity contribution < 1.29 is 5.11 Å². The van der Waals surface area contributed by atoms with Crippen molar-refractivity contribution in [2.75, 3.05) is 7.05 Å². The van der Waals surface area contributed by atoms with Crippen LogP contribution in [0.3, 0.4) is 0 Å². The molecule has 0 radical (unpaired) electrons. The van der Waals surface area contributed by atoms with Crippen LogP contribution in [0.15, 0.2) is 24.3 Å². The molecule has 1 saturated carbocycles. The van der Waals surface area contributed by atoms with E-state index in [4.69, 9.17) is 0 Å². The van der Waals surface area contributed by atoms with Gasteiger partial charge in [-0.05, 0) is 56.3 Å². The smallest absolute Gasteiger partial charge is 0.115 e. The second kappa shape index (κ2) is 5.54. The third-order valence-electron chi connectivity index (χ3n) is 3.98. The van der Waals surface area contributed by atoms with Gasteiger partial charge in [0.15, 0.2) is 0 Å². The first kappa shape index (κ1) is 12.4. The van der Waals surface area contributed by atoms with Crippen molar-refractivity contribution in [1.82, 2.24) is 4.90 Å². The summed E-state index contributed by atoms with van der Waals surface area (Å²) >= 11 is 0. The Morgan fingerprint density at radius 2 is 1.71 bits per heavy atom. The van der Waals surface area contributed by atoms with Gasteiger partial charge in [0.05, 0.1) is 0 Å². The molecule has 0 unspecified atom stereocenters. The van der Waals surface area contributed by atoms with Crippen LogP contribution in [0.1, 0.15) is 38.2 Å². The first-order chi connectivity index (χ1) is 8.15. The van der Waals surface area contributed by atoms with Crippen LogP contribution >= 0.6 is 0 Å². The van der Waals surface area contributed by atoms with Crippen LogP contribution < -0.4 is 0 Å². The summed E-state index contributed by atoms with van der Waals surface area (Å²) in [5.41, 5.74) is 1.28. The summed E-state index contributed by atoms with van der Waals surface area (Å²) in [4.78, 5) is 2.46. The average molecular weight is 233 g/mol. The second-order valence-electron chi connectivity index (χ2n) is 5.50. The Balaban J connectivity index is 1.88. The van der Waals surface area contributed by atoms with Gasteiger partial charge in [-0.15, -0.1) is 0 Å². The number of aromatic hydroxyl groups is 1. The molecular formula is C15H23NO. The maximum Gasteiger partial charge on any atom is 0.115 e. The van der Waals surface area contributed by atoms with Crippen molar-refractivity contribution in [3.8, 4) is 5.75 Å². The molecule has 0 amide bonds. The zero-order valence-corrected chi connectivity index (χ0v) is 10.9. The predicted molar refractivity (Wildman–Crippen MR) is 71.0 cm³/mol. The van der Waals surface area contributed by atoms with Crippen molar-refractivity contribution in [2.24, 2.45) is 5.92 Å². The quantitative estimate of drug-likeness (QED) is 0.865. The molecule has 2 rings (SSSR count). The SMILES string of the molecule is CC1CCC(N(C)Cc2ccc(O)cc2)CC1. The summed E-state index contributed by atoms with van der Waals surface area (Å²) in [5.74, 6) is 1.26. The van der Waals surface area contributed by atoms with Gasteiger partial charge in [-0.1, -0.05) is 19.1 Å². The van der Waals surface area contributed by atoms with E-state index in [1.54, 1.807) is 12.1 Å². The third-order valence-corrected chi connectivity index (χ3v) is 3.98. The van der Waals surface area contributed by atoms with Gasteiger partial charge in [0.2, 0.25) is 0 Å². The molecule has 2 heteroatoms. The molecule has 17 heavy (non-hydrogen) atoms. The van der Waals surface area contributed by atoms with Gasteiger partial charge in [0, 0.05) is 12.6 Å². The Morgan fingerprint density at radius 1 is 1.12 bits per heavy atom. The van der Waals surface area contributed by atoms with Crippen LogP contribution in [-0.2, 0) is 6.54 Å². The van der Waals surface area contributed by atoms with Crippen molar-refractivity contribution in [3.05, 3.63) is 29.8 Å². The lowest BCUT2D eigenvalue weighted by atomic mass is 9.86. The van der Waals surface area contributed by atoms with Crippen LogP contribution in [0, 0.1) is 5.92 Å². The van der Waals surface area contributed by atoms with Gasteiger partial charge in [-0.2, -0.15) is 0 Å². The molecule has 0 aromatic heterocycles. The average Bonchev–Trinajstić information content (AvgIpc) is 2.33. The lowest BCUT2D eigenvalue weighted by Gasteiger charge is -2.33. The first-order valence-corrected chi connectivity index (χ1v) is 6.63. The Kier molecular flexibility index (Phi) is 4.06. The van der Waals surface area contributed by atoms with Crippen LogP contribution in [-0.4, -0.2) is 23.1 Å². The minimum absolute atomic E-state index is 0.350. The highest BCUT2D eigenvalue weighted by atomic mass is 16.3. The molecule has 0 saturated heterocycles. The number of benzene rings is 1. The predicted octanol–water partition coefficient (Wildman–Crippen LogP) is 3.40. The van der Waals surface area contributed by atoms with E-state index in [1.165, 1.54) is 31.2 Å². The zero-order valence-electron chi connectivity index (χ0n) is 10.9. The van der Waals surface area contributed by atoms with Crippen LogP contribution in [0.2, 0.25) is 0 Å². The maximum atomic E-state index is 9.26. The van der Waals surface area contributed by atoms with Crippen molar-refractivity contribution in [1.29, 1.82) is 0 Å². The topological polar surface area (TPSA) is 23.5 Å². The monoisotopic (exact) mass is 233 g/mol. The molecule has 0 spiro atoms. The Bertz CT molecular complexity index is 338.